The lowest BCUT2D eigenvalue weighted by molar-refractivity contribution is -0.138. The van der Waals surface area contributed by atoms with E-state index in [0.717, 1.165) is 6.08 Å². The zero-order valence-corrected chi connectivity index (χ0v) is 7.73. The van der Waals surface area contributed by atoms with Crippen LogP contribution in [-0.2, 0) is 19.2 Å². The van der Waals surface area contributed by atoms with Gasteiger partial charge in [0, 0.05) is 12.5 Å². The molecule has 0 aromatic rings. The van der Waals surface area contributed by atoms with Crippen molar-refractivity contribution in [1.82, 2.24) is 5.32 Å². The summed E-state index contributed by atoms with van der Waals surface area (Å²) in [7, 11) is 0. The average Bonchev–Trinajstić information content (AvgIpc) is 2.16. The molecule has 80 valence electrons. The molecule has 1 unspecified atom stereocenters. The van der Waals surface area contributed by atoms with E-state index in [2.05, 4.69) is 5.32 Å². The fraction of sp³-hybridized carbons (Fsp3) is 0.333. The van der Waals surface area contributed by atoms with Gasteiger partial charge in [0.2, 0.25) is 5.91 Å². The van der Waals surface area contributed by atoms with E-state index in [-0.39, 0.29) is 12.8 Å². The summed E-state index contributed by atoms with van der Waals surface area (Å²) >= 11 is 0. The third kappa shape index (κ3) is 2.49. The molecule has 1 rings (SSSR count). The van der Waals surface area contributed by atoms with Gasteiger partial charge >= 0.3 is 5.97 Å². The summed E-state index contributed by atoms with van der Waals surface area (Å²) in [6.45, 7) is 0. The number of carbonyl (C=O) groups is 4. The van der Waals surface area contributed by atoms with Crippen molar-refractivity contribution in [2.45, 2.75) is 12.8 Å². The summed E-state index contributed by atoms with van der Waals surface area (Å²) in [6, 6.07) is 0. The molecule has 0 saturated carbocycles. The first-order valence-electron chi connectivity index (χ1n) is 4.29. The zero-order chi connectivity index (χ0) is 11.4. The van der Waals surface area contributed by atoms with Gasteiger partial charge in [-0.05, 0) is 6.42 Å². The van der Waals surface area contributed by atoms with Crippen LogP contribution in [0, 0.1) is 5.92 Å². The minimum Gasteiger partial charge on any atom is -0.477 e. The number of carbonyl (C=O) groups excluding carboxylic acids is 3. The highest BCUT2D eigenvalue weighted by atomic mass is 16.4. The predicted molar refractivity (Wildman–Crippen MR) is 47.7 cm³/mol. The number of aldehydes is 1. The van der Waals surface area contributed by atoms with Crippen molar-refractivity contribution in [1.29, 1.82) is 0 Å². The van der Waals surface area contributed by atoms with Gasteiger partial charge in [-0.25, -0.2) is 4.79 Å². The highest BCUT2D eigenvalue weighted by molar-refractivity contribution is 6.14. The molecule has 0 aromatic carbocycles. The number of nitrogens with one attached hydrogen (secondary N) is 1. The molecule has 1 aliphatic heterocycles. The minimum absolute atomic E-state index is 0.0973. The van der Waals surface area contributed by atoms with Crippen molar-refractivity contribution in [3.8, 4) is 0 Å². The van der Waals surface area contributed by atoms with Crippen LogP contribution in [0.1, 0.15) is 12.8 Å². The van der Waals surface area contributed by atoms with Gasteiger partial charge in [0.1, 0.15) is 17.9 Å². The van der Waals surface area contributed by atoms with Crippen molar-refractivity contribution in [3.05, 3.63) is 11.8 Å². The molecule has 0 spiro atoms. The number of hydrogen-bond acceptors (Lipinski definition) is 4. The summed E-state index contributed by atoms with van der Waals surface area (Å²) in [5, 5.41) is 10.6. The Morgan fingerprint density at radius 3 is 2.67 bits per heavy atom. The summed E-state index contributed by atoms with van der Waals surface area (Å²) in [5.74, 6) is -3.54. The monoisotopic (exact) mass is 211 g/mol. The van der Waals surface area contributed by atoms with Crippen molar-refractivity contribution in [2.75, 3.05) is 0 Å². The second-order valence-electron chi connectivity index (χ2n) is 3.05. The average molecular weight is 211 g/mol. The van der Waals surface area contributed by atoms with Gasteiger partial charge in [-0.2, -0.15) is 0 Å². The maximum atomic E-state index is 11.3. The van der Waals surface area contributed by atoms with E-state index in [9.17, 15) is 19.2 Å². The van der Waals surface area contributed by atoms with Crippen molar-refractivity contribution < 1.29 is 24.3 Å². The summed E-state index contributed by atoms with van der Waals surface area (Å²) in [4.78, 5) is 43.1. The number of allylic oxidation sites excluding steroid dienone is 1. The van der Waals surface area contributed by atoms with Gasteiger partial charge < -0.3 is 15.2 Å². The lowest BCUT2D eigenvalue weighted by Crippen LogP contribution is -2.41. The summed E-state index contributed by atoms with van der Waals surface area (Å²) in [6.07, 6.45) is 1.69. The van der Waals surface area contributed by atoms with Crippen LogP contribution < -0.4 is 5.32 Å². The predicted octanol–water partition coefficient (Wildman–Crippen LogP) is -0.751. The molecular formula is C9H9NO5. The molecule has 0 radical (unpaired) electrons. The van der Waals surface area contributed by atoms with Crippen LogP contribution in [-0.4, -0.2) is 29.1 Å². The number of rotatable bonds is 4. The Labute approximate surface area is 85.0 Å². The highest BCUT2D eigenvalue weighted by Crippen LogP contribution is 2.14. The fourth-order valence-electron chi connectivity index (χ4n) is 1.25. The van der Waals surface area contributed by atoms with Gasteiger partial charge in [-0.3, -0.25) is 9.59 Å². The molecule has 1 heterocycles. The molecular weight excluding hydrogens is 202 g/mol. The van der Waals surface area contributed by atoms with Crippen LogP contribution in [0.15, 0.2) is 11.8 Å². The summed E-state index contributed by atoms with van der Waals surface area (Å²) < 4.78 is 0. The molecule has 1 atom stereocenters. The molecule has 6 nitrogen and oxygen atoms in total. The van der Waals surface area contributed by atoms with E-state index >= 15 is 0 Å². The Morgan fingerprint density at radius 2 is 2.20 bits per heavy atom. The van der Waals surface area contributed by atoms with Gasteiger partial charge in [0.25, 0.3) is 0 Å². The number of carboxylic acids is 1. The van der Waals surface area contributed by atoms with Gasteiger partial charge in [-0.1, -0.05) is 0 Å². The van der Waals surface area contributed by atoms with Crippen molar-refractivity contribution >= 4 is 23.9 Å². The van der Waals surface area contributed by atoms with E-state index in [1.54, 1.807) is 0 Å². The first kappa shape index (κ1) is 11.1. The third-order valence-corrected chi connectivity index (χ3v) is 2.01. The Balaban J connectivity index is 2.80. The van der Waals surface area contributed by atoms with Crippen LogP contribution in [0.5, 0.6) is 0 Å². The number of hydrogen-bond donors (Lipinski definition) is 2. The fourth-order valence-corrected chi connectivity index (χ4v) is 1.25. The van der Waals surface area contributed by atoms with E-state index in [0.29, 0.717) is 6.29 Å². The molecule has 15 heavy (non-hydrogen) atoms. The van der Waals surface area contributed by atoms with Gasteiger partial charge in [0.05, 0.1) is 0 Å². The minimum atomic E-state index is -1.36. The maximum Gasteiger partial charge on any atom is 0.352 e. The van der Waals surface area contributed by atoms with Crippen molar-refractivity contribution in [2.24, 2.45) is 5.92 Å². The molecule has 0 bridgehead atoms. The third-order valence-electron chi connectivity index (χ3n) is 2.01. The molecule has 0 aromatic heterocycles. The highest BCUT2D eigenvalue weighted by Gasteiger charge is 2.31. The van der Waals surface area contributed by atoms with E-state index < -0.39 is 29.3 Å². The first-order chi connectivity index (χ1) is 7.06. The van der Waals surface area contributed by atoms with E-state index in [1.165, 1.54) is 0 Å². The number of aliphatic carboxylic acids is 1. The Hall–Kier alpha value is -1.98. The molecule has 0 saturated heterocycles. The molecule has 0 aliphatic carbocycles. The lowest BCUT2D eigenvalue weighted by Gasteiger charge is -2.18. The molecule has 0 fully saturated rings. The Bertz CT molecular complexity index is 358. The summed E-state index contributed by atoms with van der Waals surface area (Å²) in [5.41, 5.74) is -0.424. The largest absolute Gasteiger partial charge is 0.477 e. The Kier molecular flexibility index (Phi) is 3.33. The smallest absolute Gasteiger partial charge is 0.352 e. The molecule has 1 amide bonds. The normalized spacial score (nSPS) is 20.5. The number of ketones is 1. The van der Waals surface area contributed by atoms with Crippen LogP contribution in [0.4, 0.5) is 0 Å². The van der Waals surface area contributed by atoms with Gasteiger partial charge in [-0.15, -0.1) is 0 Å². The SMILES string of the molecule is O=CCCC1C(=O)C=C(C(=O)O)NC1=O. The van der Waals surface area contributed by atoms with Gasteiger partial charge in [0.15, 0.2) is 5.78 Å². The zero-order valence-electron chi connectivity index (χ0n) is 7.73. The molecule has 2 N–H and O–H groups in total. The number of carboxylic acid groups (broad SMARTS) is 1. The van der Waals surface area contributed by atoms with Crippen LogP contribution >= 0.6 is 0 Å². The Morgan fingerprint density at radius 1 is 1.53 bits per heavy atom. The first-order valence-corrected chi connectivity index (χ1v) is 4.29. The quantitative estimate of drug-likeness (QED) is 0.470. The standard InChI is InChI=1S/C9H9NO5/c11-3-1-2-5-7(12)4-6(9(14)15)10-8(5)13/h3-5H,1-2H2,(H,10,13)(H,14,15). The van der Waals surface area contributed by atoms with Crippen LogP contribution in [0.25, 0.3) is 0 Å². The second kappa shape index (κ2) is 4.50. The topological polar surface area (TPSA) is 101 Å². The van der Waals surface area contributed by atoms with Crippen LogP contribution in [0.3, 0.4) is 0 Å². The van der Waals surface area contributed by atoms with Crippen LogP contribution in [0.2, 0.25) is 0 Å². The second-order valence-corrected chi connectivity index (χ2v) is 3.05. The van der Waals surface area contributed by atoms with E-state index in [1.807, 2.05) is 0 Å². The molecule has 1 aliphatic rings. The van der Waals surface area contributed by atoms with Crippen molar-refractivity contribution in [3.63, 3.8) is 0 Å². The van der Waals surface area contributed by atoms with E-state index in [4.69, 9.17) is 5.11 Å². The maximum absolute atomic E-state index is 11.3. The number of amides is 1. The molecule has 6 heteroatoms. The lowest BCUT2D eigenvalue weighted by atomic mass is 9.94.